The van der Waals surface area contributed by atoms with Gasteiger partial charge in [0.15, 0.2) is 0 Å². The number of primary amides is 1. The number of furan rings is 1. The molecule has 0 saturated heterocycles. The lowest BCUT2D eigenvalue weighted by atomic mass is 10.1. The minimum atomic E-state index is -0.507. The van der Waals surface area contributed by atoms with E-state index >= 15 is 0 Å². The van der Waals surface area contributed by atoms with Gasteiger partial charge < -0.3 is 21.2 Å². The highest BCUT2D eigenvalue weighted by atomic mass is 16.3. The average molecular weight is 231 g/mol. The maximum atomic E-state index is 11.2. The molecule has 0 spiro atoms. The van der Waals surface area contributed by atoms with Crippen LogP contribution in [-0.4, -0.2) is 5.91 Å². The molecule has 1 amide bonds. The Balaban J connectivity index is 2.22. The number of rotatable bonds is 4. The van der Waals surface area contributed by atoms with Gasteiger partial charge in [-0.2, -0.15) is 0 Å². The van der Waals surface area contributed by atoms with E-state index in [1.807, 2.05) is 6.07 Å². The lowest BCUT2D eigenvalue weighted by molar-refractivity contribution is 0.100. The summed E-state index contributed by atoms with van der Waals surface area (Å²) < 4.78 is 4.95. The number of nitrogens with one attached hydrogen (secondary N) is 1. The van der Waals surface area contributed by atoms with E-state index in [9.17, 15) is 4.79 Å². The number of amides is 1. The van der Waals surface area contributed by atoms with Gasteiger partial charge in [0, 0.05) is 12.1 Å². The Hall–Kier alpha value is -2.43. The summed E-state index contributed by atoms with van der Waals surface area (Å²) in [6.45, 7) is 0.519. The first-order valence-corrected chi connectivity index (χ1v) is 5.11. The van der Waals surface area contributed by atoms with Crippen LogP contribution in [0, 0.1) is 0 Å². The molecule has 0 fully saturated rings. The Morgan fingerprint density at radius 1 is 1.35 bits per heavy atom. The Morgan fingerprint density at radius 3 is 2.82 bits per heavy atom. The zero-order valence-electron chi connectivity index (χ0n) is 9.14. The number of hydrogen-bond donors (Lipinski definition) is 3. The van der Waals surface area contributed by atoms with E-state index in [2.05, 4.69) is 5.32 Å². The number of nitrogens with two attached hydrogens (primary N) is 2. The zero-order valence-corrected chi connectivity index (χ0v) is 9.14. The first kappa shape index (κ1) is 11.1. The maximum absolute atomic E-state index is 11.2. The van der Waals surface area contributed by atoms with Gasteiger partial charge in [-0.25, -0.2) is 0 Å². The third-order valence-electron chi connectivity index (χ3n) is 2.41. The number of nitrogen functional groups attached to an aromatic ring is 1. The molecule has 1 heterocycles. The van der Waals surface area contributed by atoms with Crippen molar-refractivity contribution in [2.24, 2.45) is 5.73 Å². The van der Waals surface area contributed by atoms with Crippen LogP contribution in [0.4, 0.5) is 11.4 Å². The fourth-order valence-corrected chi connectivity index (χ4v) is 1.56. The normalized spacial score (nSPS) is 10.1. The molecule has 0 aliphatic carbocycles. The van der Waals surface area contributed by atoms with Gasteiger partial charge in [0.2, 0.25) is 0 Å². The molecule has 17 heavy (non-hydrogen) atoms. The fraction of sp³-hybridized carbons (Fsp3) is 0.0833. The molecule has 5 nitrogen and oxygen atoms in total. The number of benzene rings is 1. The van der Waals surface area contributed by atoms with E-state index in [-0.39, 0.29) is 0 Å². The highest BCUT2D eigenvalue weighted by Gasteiger charge is 2.10. The van der Waals surface area contributed by atoms with Crippen molar-refractivity contribution in [3.8, 4) is 0 Å². The van der Waals surface area contributed by atoms with Gasteiger partial charge in [0.25, 0.3) is 5.91 Å². The Bertz CT molecular complexity index is 521. The summed E-state index contributed by atoms with van der Waals surface area (Å²) in [6, 6.07) is 6.87. The van der Waals surface area contributed by atoms with Gasteiger partial charge in [-0.05, 0) is 18.2 Å². The molecule has 2 rings (SSSR count). The van der Waals surface area contributed by atoms with Gasteiger partial charge in [-0.1, -0.05) is 6.07 Å². The van der Waals surface area contributed by atoms with E-state index in [1.54, 1.807) is 30.7 Å². The summed E-state index contributed by atoms with van der Waals surface area (Å²) in [5, 5.41) is 3.08. The molecule has 88 valence electrons. The Kier molecular flexibility index (Phi) is 3.00. The Morgan fingerprint density at radius 2 is 2.18 bits per heavy atom. The first-order chi connectivity index (χ1) is 8.18. The standard InChI is InChI=1S/C12H13N3O2/c13-10-3-1-2-9(12(14)16)11(10)15-6-8-4-5-17-7-8/h1-5,7,15H,6,13H2,(H2,14,16). The molecular formula is C12H13N3O2. The Labute approximate surface area is 98.4 Å². The van der Waals surface area contributed by atoms with E-state index < -0.39 is 5.91 Å². The SMILES string of the molecule is NC(=O)c1cccc(N)c1NCc1ccoc1. The topological polar surface area (TPSA) is 94.3 Å². The molecule has 0 bridgehead atoms. The van der Waals surface area contributed by atoms with Crippen molar-refractivity contribution in [1.82, 2.24) is 0 Å². The first-order valence-electron chi connectivity index (χ1n) is 5.11. The number of carbonyl (C=O) groups is 1. The molecule has 0 aliphatic heterocycles. The molecular weight excluding hydrogens is 218 g/mol. The summed E-state index contributed by atoms with van der Waals surface area (Å²) >= 11 is 0. The minimum absolute atomic E-state index is 0.383. The van der Waals surface area contributed by atoms with E-state index in [1.165, 1.54) is 0 Å². The second-order valence-corrected chi connectivity index (χ2v) is 3.62. The summed E-state index contributed by atoms with van der Waals surface area (Å²) in [4.78, 5) is 11.2. The van der Waals surface area contributed by atoms with Crippen molar-refractivity contribution in [3.05, 3.63) is 47.9 Å². The maximum Gasteiger partial charge on any atom is 0.250 e. The van der Waals surface area contributed by atoms with Crippen LogP contribution in [-0.2, 0) is 6.54 Å². The third-order valence-corrected chi connectivity index (χ3v) is 2.41. The van der Waals surface area contributed by atoms with E-state index in [4.69, 9.17) is 15.9 Å². The smallest absolute Gasteiger partial charge is 0.250 e. The van der Waals surface area contributed by atoms with Crippen LogP contribution in [0.15, 0.2) is 41.2 Å². The van der Waals surface area contributed by atoms with Crippen LogP contribution < -0.4 is 16.8 Å². The number of carbonyl (C=O) groups excluding carboxylic acids is 1. The number of hydrogen-bond acceptors (Lipinski definition) is 4. The third kappa shape index (κ3) is 2.39. The lowest BCUT2D eigenvalue weighted by Gasteiger charge is -2.11. The number of anilines is 2. The molecule has 0 unspecified atom stereocenters. The fourth-order valence-electron chi connectivity index (χ4n) is 1.56. The van der Waals surface area contributed by atoms with Crippen molar-refractivity contribution < 1.29 is 9.21 Å². The monoisotopic (exact) mass is 231 g/mol. The van der Waals surface area contributed by atoms with Crippen molar-refractivity contribution in [2.45, 2.75) is 6.54 Å². The molecule has 0 saturated carbocycles. The number of para-hydroxylation sites is 1. The van der Waals surface area contributed by atoms with Crippen molar-refractivity contribution >= 4 is 17.3 Å². The van der Waals surface area contributed by atoms with Crippen LogP contribution in [0.5, 0.6) is 0 Å². The van der Waals surface area contributed by atoms with Crippen molar-refractivity contribution in [1.29, 1.82) is 0 Å². The minimum Gasteiger partial charge on any atom is -0.472 e. The van der Waals surface area contributed by atoms with Gasteiger partial charge in [0.05, 0.1) is 29.5 Å². The summed E-state index contributed by atoms with van der Waals surface area (Å²) in [7, 11) is 0. The molecule has 2 aromatic rings. The quantitative estimate of drug-likeness (QED) is 0.696. The van der Waals surface area contributed by atoms with Gasteiger partial charge in [0.1, 0.15) is 0 Å². The highest BCUT2D eigenvalue weighted by Crippen LogP contribution is 2.23. The predicted molar refractivity (Wildman–Crippen MR) is 65.4 cm³/mol. The molecule has 0 atom stereocenters. The predicted octanol–water partition coefficient (Wildman–Crippen LogP) is 1.57. The van der Waals surface area contributed by atoms with Crippen LogP contribution in [0.2, 0.25) is 0 Å². The van der Waals surface area contributed by atoms with Gasteiger partial charge in [-0.15, -0.1) is 0 Å². The molecule has 5 heteroatoms. The van der Waals surface area contributed by atoms with Gasteiger partial charge in [-0.3, -0.25) is 4.79 Å². The van der Waals surface area contributed by atoms with Crippen molar-refractivity contribution in [3.63, 3.8) is 0 Å². The van der Waals surface area contributed by atoms with Crippen molar-refractivity contribution in [2.75, 3.05) is 11.1 Å². The average Bonchev–Trinajstić information content (AvgIpc) is 2.80. The van der Waals surface area contributed by atoms with E-state index in [0.717, 1.165) is 5.56 Å². The molecule has 1 aromatic carbocycles. The van der Waals surface area contributed by atoms with Crippen LogP contribution in [0.3, 0.4) is 0 Å². The lowest BCUT2D eigenvalue weighted by Crippen LogP contribution is -2.15. The van der Waals surface area contributed by atoms with Crippen LogP contribution in [0.25, 0.3) is 0 Å². The summed E-state index contributed by atoms with van der Waals surface area (Å²) in [5.41, 5.74) is 13.5. The van der Waals surface area contributed by atoms with Gasteiger partial charge >= 0.3 is 0 Å². The summed E-state index contributed by atoms with van der Waals surface area (Å²) in [6.07, 6.45) is 3.20. The molecule has 0 aliphatic rings. The second-order valence-electron chi connectivity index (χ2n) is 3.62. The molecule has 1 aromatic heterocycles. The summed E-state index contributed by atoms with van der Waals surface area (Å²) in [5.74, 6) is -0.507. The zero-order chi connectivity index (χ0) is 12.3. The highest BCUT2D eigenvalue weighted by molar-refractivity contribution is 6.01. The largest absolute Gasteiger partial charge is 0.472 e. The molecule has 5 N–H and O–H groups in total. The van der Waals surface area contributed by atoms with E-state index in [0.29, 0.717) is 23.5 Å². The molecule has 0 radical (unpaired) electrons. The second kappa shape index (κ2) is 4.61. The van der Waals surface area contributed by atoms with Crippen LogP contribution in [0.1, 0.15) is 15.9 Å². The van der Waals surface area contributed by atoms with Crippen LogP contribution >= 0.6 is 0 Å².